The van der Waals surface area contributed by atoms with Crippen LogP contribution in [0.5, 0.6) is 0 Å². The third-order valence-electron chi connectivity index (χ3n) is 6.45. The van der Waals surface area contributed by atoms with E-state index in [0.29, 0.717) is 16.3 Å². The average Bonchev–Trinajstić information content (AvgIpc) is 2.90. The van der Waals surface area contributed by atoms with Gasteiger partial charge >= 0.3 is 0 Å². The molecule has 0 radical (unpaired) electrons. The number of sulfonamides is 1. The number of hydrogen-bond donors (Lipinski definition) is 1. The molecule has 2 amide bonds. The second kappa shape index (κ2) is 12.5. The Kier molecular flexibility index (Phi) is 9.57. The molecule has 0 unspecified atom stereocenters. The van der Waals surface area contributed by atoms with Crippen LogP contribution in [-0.4, -0.2) is 44.8 Å². The largest absolute Gasteiger partial charge is 0.357 e. The highest BCUT2D eigenvalue weighted by atomic mass is 35.5. The number of halogens is 1. The number of amides is 2. The molecule has 0 spiro atoms. The van der Waals surface area contributed by atoms with Crippen molar-refractivity contribution in [2.45, 2.75) is 51.1 Å². The Morgan fingerprint density at radius 2 is 1.53 bits per heavy atom. The van der Waals surface area contributed by atoms with Crippen LogP contribution < -0.4 is 9.62 Å². The van der Waals surface area contributed by atoms with Crippen molar-refractivity contribution in [3.63, 3.8) is 0 Å². The van der Waals surface area contributed by atoms with Crippen LogP contribution in [0, 0.1) is 6.92 Å². The number of anilines is 1. The van der Waals surface area contributed by atoms with Crippen LogP contribution in [0.15, 0.2) is 77.7 Å². The van der Waals surface area contributed by atoms with E-state index in [2.05, 4.69) is 5.32 Å². The zero-order valence-electron chi connectivity index (χ0n) is 22.3. The van der Waals surface area contributed by atoms with Gasteiger partial charge in [-0.2, -0.15) is 0 Å². The molecule has 3 aromatic carbocycles. The highest BCUT2D eigenvalue weighted by molar-refractivity contribution is 7.92. The Bertz CT molecular complexity index is 1370. The molecule has 0 saturated carbocycles. The molecule has 3 aromatic rings. The summed E-state index contributed by atoms with van der Waals surface area (Å²) < 4.78 is 28.8. The van der Waals surface area contributed by atoms with Crippen molar-refractivity contribution < 1.29 is 18.0 Å². The summed E-state index contributed by atoms with van der Waals surface area (Å²) in [6.45, 7) is 7.11. The maximum atomic E-state index is 13.8. The molecule has 202 valence electrons. The predicted octanol–water partition coefficient (Wildman–Crippen LogP) is 5.13. The Morgan fingerprint density at radius 3 is 2.08 bits per heavy atom. The summed E-state index contributed by atoms with van der Waals surface area (Å²) in [5.74, 6) is -0.656. The Morgan fingerprint density at radius 1 is 0.921 bits per heavy atom. The second-order valence-electron chi connectivity index (χ2n) is 9.47. The zero-order valence-corrected chi connectivity index (χ0v) is 23.9. The summed E-state index contributed by atoms with van der Waals surface area (Å²) in [4.78, 5) is 27.8. The van der Waals surface area contributed by atoms with Gasteiger partial charge in [-0.25, -0.2) is 8.42 Å². The highest BCUT2D eigenvalue weighted by Gasteiger charge is 2.32. The van der Waals surface area contributed by atoms with E-state index in [4.69, 9.17) is 11.6 Å². The van der Waals surface area contributed by atoms with Crippen molar-refractivity contribution in [3.8, 4) is 0 Å². The predicted molar refractivity (Wildman–Crippen MR) is 152 cm³/mol. The van der Waals surface area contributed by atoms with Gasteiger partial charge in [-0.05, 0) is 61.2 Å². The van der Waals surface area contributed by atoms with Crippen LogP contribution >= 0.6 is 11.6 Å². The van der Waals surface area contributed by atoms with Crippen molar-refractivity contribution in [2.24, 2.45) is 0 Å². The van der Waals surface area contributed by atoms with Gasteiger partial charge in [0, 0.05) is 18.6 Å². The summed E-state index contributed by atoms with van der Waals surface area (Å²) in [6.07, 6.45) is 0. The maximum Gasteiger partial charge on any atom is 0.264 e. The van der Waals surface area contributed by atoms with Gasteiger partial charge in [0.05, 0.1) is 10.6 Å². The van der Waals surface area contributed by atoms with Gasteiger partial charge in [-0.1, -0.05) is 73.5 Å². The lowest BCUT2D eigenvalue weighted by Crippen LogP contribution is -2.50. The van der Waals surface area contributed by atoms with E-state index in [1.807, 2.05) is 32.9 Å². The third-order valence-corrected chi connectivity index (χ3v) is 8.60. The number of aryl methyl sites for hydroxylation is 1. The Hall–Kier alpha value is -3.36. The van der Waals surface area contributed by atoms with E-state index in [1.54, 1.807) is 55.5 Å². The molecule has 0 aliphatic heterocycles. The van der Waals surface area contributed by atoms with Crippen molar-refractivity contribution in [3.05, 3.63) is 94.5 Å². The molecule has 1 N–H and O–H groups in total. The Labute approximate surface area is 230 Å². The standard InChI is InChI=1S/C29H34ClN3O4S/c1-20(2)23-12-14-25(15-13-23)33(38(36,37)26-16-10-21(3)11-17-26)19-28(34)32(22(4)29(35)31-5)18-24-8-6-7-9-27(24)30/h6-17,20,22H,18-19H2,1-5H3,(H,31,35)/t22-/m1/s1. The summed E-state index contributed by atoms with van der Waals surface area (Å²) in [6, 6.07) is 19.8. The summed E-state index contributed by atoms with van der Waals surface area (Å²) >= 11 is 6.35. The molecular weight excluding hydrogens is 522 g/mol. The molecule has 0 bridgehead atoms. The number of hydrogen-bond acceptors (Lipinski definition) is 4. The fourth-order valence-corrected chi connectivity index (χ4v) is 5.60. The molecule has 1 atom stereocenters. The normalized spacial score (nSPS) is 12.2. The molecular formula is C29H34ClN3O4S. The number of carbonyl (C=O) groups excluding carboxylic acids is 2. The minimum Gasteiger partial charge on any atom is -0.357 e. The number of carbonyl (C=O) groups is 2. The van der Waals surface area contributed by atoms with E-state index in [0.717, 1.165) is 15.4 Å². The van der Waals surface area contributed by atoms with E-state index >= 15 is 0 Å². The van der Waals surface area contributed by atoms with Crippen LogP contribution in [0.3, 0.4) is 0 Å². The first kappa shape index (κ1) is 29.2. The maximum absolute atomic E-state index is 13.8. The zero-order chi connectivity index (χ0) is 28.0. The minimum absolute atomic E-state index is 0.0395. The van der Waals surface area contributed by atoms with Crippen LogP contribution in [0.2, 0.25) is 5.02 Å². The van der Waals surface area contributed by atoms with Gasteiger partial charge in [0.1, 0.15) is 12.6 Å². The van der Waals surface area contributed by atoms with Crippen molar-refractivity contribution >= 4 is 39.1 Å². The molecule has 3 rings (SSSR count). The highest BCUT2D eigenvalue weighted by Crippen LogP contribution is 2.27. The lowest BCUT2D eigenvalue weighted by Gasteiger charge is -2.32. The van der Waals surface area contributed by atoms with Gasteiger partial charge in [0.25, 0.3) is 10.0 Å². The Balaban J connectivity index is 2.05. The van der Waals surface area contributed by atoms with Crippen LogP contribution in [0.4, 0.5) is 5.69 Å². The molecule has 7 nitrogen and oxygen atoms in total. The van der Waals surface area contributed by atoms with Gasteiger partial charge < -0.3 is 10.2 Å². The van der Waals surface area contributed by atoms with Crippen molar-refractivity contribution in [1.82, 2.24) is 10.2 Å². The molecule has 0 saturated heterocycles. The fraction of sp³-hybridized carbons (Fsp3) is 0.310. The second-order valence-corrected chi connectivity index (χ2v) is 11.7. The molecule has 0 heterocycles. The molecule has 0 aromatic heterocycles. The third kappa shape index (κ3) is 6.74. The lowest BCUT2D eigenvalue weighted by atomic mass is 10.0. The quantitative estimate of drug-likeness (QED) is 0.376. The number of likely N-dealkylation sites (N-methyl/N-ethyl adjacent to an activating group) is 1. The van der Waals surface area contributed by atoms with E-state index in [1.165, 1.54) is 24.1 Å². The SMILES string of the molecule is CNC(=O)[C@@H](C)N(Cc1ccccc1Cl)C(=O)CN(c1ccc(C(C)C)cc1)S(=O)(=O)c1ccc(C)cc1. The first-order valence-electron chi connectivity index (χ1n) is 12.4. The number of rotatable bonds is 10. The van der Waals surface area contributed by atoms with Crippen molar-refractivity contribution in [1.29, 1.82) is 0 Å². The number of benzene rings is 3. The van der Waals surface area contributed by atoms with Crippen molar-refractivity contribution in [2.75, 3.05) is 17.9 Å². The minimum atomic E-state index is -4.11. The van der Waals surface area contributed by atoms with Gasteiger partial charge in [-0.15, -0.1) is 0 Å². The smallest absolute Gasteiger partial charge is 0.264 e. The van der Waals surface area contributed by atoms with Crippen LogP contribution in [0.25, 0.3) is 0 Å². The number of nitrogens with one attached hydrogen (secondary N) is 1. The van der Waals surface area contributed by atoms with E-state index < -0.39 is 28.5 Å². The number of nitrogens with zero attached hydrogens (tertiary/aromatic N) is 2. The first-order chi connectivity index (χ1) is 17.9. The average molecular weight is 556 g/mol. The summed E-state index contributed by atoms with van der Waals surface area (Å²) in [5.41, 5.74) is 2.96. The topological polar surface area (TPSA) is 86.8 Å². The van der Waals surface area contributed by atoms with E-state index in [-0.39, 0.29) is 23.3 Å². The first-order valence-corrected chi connectivity index (χ1v) is 14.2. The fourth-order valence-electron chi connectivity index (χ4n) is 3.99. The van der Waals surface area contributed by atoms with Crippen LogP contribution in [-0.2, 0) is 26.2 Å². The van der Waals surface area contributed by atoms with E-state index in [9.17, 15) is 18.0 Å². The summed E-state index contributed by atoms with van der Waals surface area (Å²) in [7, 11) is -2.62. The van der Waals surface area contributed by atoms with Gasteiger partial charge in [0.15, 0.2) is 0 Å². The lowest BCUT2D eigenvalue weighted by molar-refractivity contribution is -0.139. The molecule has 38 heavy (non-hydrogen) atoms. The van der Waals surface area contributed by atoms with Gasteiger partial charge in [0.2, 0.25) is 11.8 Å². The summed E-state index contributed by atoms with van der Waals surface area (Å²) in [5, 5.41) is 3.01. The molecule has 0 aliphatic carbocycles. The molecule has 0 aliphatic rings. The monoisotopic (exact) mass is 555 g/mol. The van der Waals surface area contributed by atoms with Crippen LogP contribution in [0.1, 0.15) is 43.4 Å². The molecule has 9 heteroatoms. The van der Waals surface area contributed by atoms with Gasteiger partial charge in [-0.3, -0.25) is 13.9 Å². The molecule has 0 fully saturated rings.